The van der Waals surface area contributed by atoms with Crippen LogP contribution in [0.3, 0.4) is 0 Å². The minimum absolute atomic E-state index is 0.218. The van der Waals surface area contributed by atoms with Crippen LogP contribution in [0.5, 0.6) is 0 Å². The van der Waals surface area contributed by atoms with Crippen molar-refractivity contribution in [3.8, 4) is 0 Å². The highest BCUT2D eigenvalue weighted by molar-refractivity contribution is 5.81. The van der Waals surface area contributed by atoms with Crippen molar-refractivity contribution >= 4 is 5.91 Å². The number of hydrogen-bond acceptors (Lipinski definition) is 1. The number of amides is 1. The Kier molecular flexibility index (Phi) is 3.57. The van der Waals surface area contributed by atoms with Gasteiger partial charge in [0.15, 0.2) is 0 Å². The van der Waals surface area contributed by atoms with Crippen molar-refractivity contribution in [1.82, 2.24) is 4.90 Å². The SMILES string of the molecule is CCC1CCCCN1C(=O)C(C)(C)C. The average Bonchev–Trinajstić information content (AvgIpc) is 2.15. The first-order valence-electron chi connectivity index (χ1n) is 5.78. The van der Waals surface area contributed by atoms with Crippen LogP contribution in [0.1, 0.15) is 53.4 Å². The molecule has 0 bridgehead atoms. The Bertz CT molecular complexity index is 205. The summed E-state index contributed by atoms with van der Waals surface area (Å²) in [5.41, 5.74) is -0.218. The summed E-state index contributed by atoms with van der Waals surface area (Å²) < 4.78 is 0. The molecule has 2 heteroatoms. The van der Waals surface area contributed by atoms with Crippen LogP contribution in [0.15, 0.2) is 0 Å². The van der Waals surface area contributed by atoms with Gasteiger partial charge in [0.25, 0.3) is 0 Å². The number of piperidine rings is 1. The van der Waals surface area contributed by atoms with E-state index in [-0.39, 0.29) is 5.41 Å². The van der Waals surface area contributed by atoms with E-state index in [4.69, 9.17) is 0 Å². The monoisotopic (exact) mass is 197 g/mol. The fourth-order valence-corrected chi connectivity index (χ4v) is 2.12. The van der Waals surface area contributed by atoms with Crippen molar-refractivity contribution < 1.29 is 4.79 Å². The van der Waals surface area contributed by atoms with Gasteiger partial charge in [-0.3, -0.25) is 4.79 Å². The first kappa shape index (κ1) is 11.5. The Hall–Kier alpha value is -0.530. The molecule has 1 amide bonds. The van der Waals surface area contributed by atoms with Crippen LogP contribution >= 0.6 is 0 Å². The van der Waals surface area contributed by atoms with Crippen LogP contribution in [-0.2, 0) is 4.79 Å². The van der Waals surface area contributed by atoms with E-state index in [0.717, 1.165) is 13.0 Å². The largest absolute Gasteiger partial charge is 0.339 e. The van der Waals surface area contributed by atoms with Crippen molar-refractivity contribution in [3.63, 3.8) is 0 Å². The molecular formula is C12H23NO. The van der Waals surface area contributed by atoms with Gasteiger partial charge in [-0.15, -0.1) is 0 Å². The molecule has 1 heterocycles. The molecule has 0 N–H and O–H groups in total. The molecular weight excluding hydrogens is 174 g/mol. The second-order valence-corrected chi connectivity index (χ2v) is 5.31. The van der Waals surface area contributed by atoms with Gasteiger partial charge >= 0.3 is 0 Å². The van der Waals surface area contributed by atoms with Crippen LogP contribution in [0.2, 0.25) is 0 Å². The number of carbonyl (C=O) groups excluding carboxylic acids is 1. The Balaban J connectivity index is 2.69. The molecule has 0 aromatic heterocycles. The molecule has 2 nitrogen and oxygen atoms in total. The molecule has 0 spiro atoms. The molecule has 1 aliphatic heterocycles. The Morgan fingerprint density at radius 2 is 2.00 bits per heavy atom. The van der Waals surface area contributed by atoms with Gasteiger partial charge in [-0.25, -0.2) is 0 Å². The molecule has 82 valence electrons. The summed E-state index contributed by atoms with van der Waals surface area (Å²) in [5.74, 6) is 0.323. The minimum atomic E-state index is -0.218. The van der Waals surface area contributed by atoms with Gasteiger partial charge in [-0.1, -0.05) is 27.7 Å². The minimum Gasteiger partial charge on any atom is -0.339 e. The van der Waals surface area contributed by atoms with Crippen LogP contribution in [0, 0.1) is 5.41 Å². The quantitative estimate of drug-likeness (QED) is 0.633. The molecule has 14 heavy (non-hydrogen) atoms. The van der Waals surface area contributed by atoms with Gasteiger partial charge in [-0.2, -0.15) is 0 Å². The molecule has 0 aromatic rings. The summed E-state index contributed by atoms with van der Waals surface area (Å²) in [6.45, 7) is 9.18. The van der Waals surface area contributed by atoms with E-state index in [1.165, 1.54) is 19.3 Å². The molecule has 0 aliphatic carbocycles. The van der Waals surface area contributed by atoms with Gasteiger partial charge in [0.1, 0.15) is 0 Å². The third kappa shape index (κ3) is 2.49. The summed E-state index contributed by atoms with van der Waals surface area (Å²) in [4.78, 5) is 14.2. The predicted octanol–water partition coefficient (Wildman–Crippen LogP) is 2.82. The highest BCUT2D eigenvalue weighted by Gasteiger charge is 2.32. The van der Waals surface area contributed by atoms with Crippen LogP contribution in [0.25, 0.3) is 0 Å². The lowest BCUT2D eigenvalue weighted by Crippen LogP contribution is -2.48. The van der Waals surface area contributed by atoms with Crippen LogP contribution in [0.4, 0.5) is 0 Å². The van der Waals surface area contributed by atoms with E-state index in [1.54, 1.807) is 0 Å². The number of rotatable bonds is 1. The highest BCUT2D eigenvalue weighted by atomic mass is 16.2. The molecule has 0 radical (unpaired) electrons. The molecule has 1 saturated heterocycles. The molecule has 0 saturated carbocycles. The molecule has 1 atom stereocenters. The van der Waals surface area contributed by atoms with Gasteiger partial charge in [0.2, 0.25) is 5.91 Å². The van der Waals surface area contributed by atoms with E-state index < -0.39 is 0 Å². The van der Waals surface area contributed by atoms with E-state index in [9.17, 15) is 4.79 Å². The molecule has 1 aliphatic rings. The predicted molar refractivity (Wildman–Crippen MR) is 59.1 cm³/mol. The van der Waals surface area contributed by atoms with Crippen LogP contribution in [-0.4, -0.2) is 23.4 Å². The summed E-state index contributed by atoms with van der Waals surface area (Å²) >= 11 is 0. The van der Waals surface area contributed by atoms with Gasteiger partial charge in [0, 0.05) is 18.0 Å². The van der Waals surface area contributed by atoms with Crippen molar-refractivity contribution in [3.05, 3.63) is 0 Å². The van der Waals surface area contributed by atoms with Crippen molar-refractivity contribution in [2.45, 2.75) is 59.4 Å². The van der Waals surface area contributed by atoms with Crippen molar-refractivity contribution in [1.29, 1.82) is 0 Å². The van der Waals surface area contributed by atoms with Gasteiger partial charge < -0.3 is 4.90 Å². The molecule has 1 rings (SSSR count). The maximum absolute atomic E-state index is 12.1. The van der Waals surface area contributed by atoms with Crippen molar-refractivity contribution in [2.75, 3.05) is 6.54 Å². The van der Waals surface area contributed by atoms with E-state index in [0.29, 0.717) is 11.9 Å². The van der Waals surface area contributed by atoms with Crippen LogP contribution < -0.4 is 0 Å². The zero-order valence-electron chi connectivity index (χ0n) is 9.97. The second kappa shape index (κ2) is 4.33. The topological polar surface area (TPSA) is 20.3 Å². The lowest BCUT2D eigenvalue weighted by Gasteiger charge is -2.39. The summed E-state index contributed by atoms with van der Waals surface area (Å²) in [6.07, 6.45) is 4.75. The standard InChI is InChI=1S/C12H23NO/c1-5-10-8-6-7-9-13(10)11(14)12(2,3)4/h10H,5-9H2,1-4H3. The maximum Gasteiger partial charge on any atom is 0.228 e. The van der Waals surface area contributed by atoms with Gasteiger partial charge in [0.05, 0.1) is 0 Å². The second-order valence-electron chi connectivity index (χ2n) is 5.31. The summed E-state index contributed by atoms with van der Waals surface area (Å²) in [7, 11) is 0. The zero-order chi connectivity index (χ0) is 10.8. The lowest BCUT2D eigenvalue weighted by molar-refractivity contribution is -0.143. The number of likely N-dealkylation sites (tertiary alicyclic amines) is 1. The van der Waals surface area contributed by atoms with E-state index in [2.05, 4.69) is 11.8 Å². The van der Waals surface area contributed by atoms with E-state index >= 15 is 0 Å². The number of carbonyl (C=O) groups is 1. The Morgan fingerprint density at radius 3 is 2.50 bits per heavy atom. The zero-order valence-corrected chi connectivity index (χ0v) is 9.97. The summed E-state index contributed by atoms with van der Waals surface area (Å²) in [6, 6.07) is 0.496. The Morgan fingerprint density at radius 1 is 1.36 bits per heavy atom. The number of nitrogens with zero attached hydrogens (tertiary/aromatic N) is 1. The van der Waals surface area contributed by atoms with Crippen molar-refractivity contribution in [2.24, 2.45) is 5.41 Å². The van der Waals surface area contributed by atoms with Gasteiger partial charge in [-0.05, 0) is 25.7 Å². The molecule has 1 unspecified atom stereocenters. The first-order valence-corrected chi connectivity index (χ1v) is 5.78. The average molecular weight is 197 g/mol. The van der Waals surface area contributed by atoms with E-state index in [1.807, 2.05) is 20.8 Å². The normalized spacial score (nSPS) is 23.7. The third-order valence-electron chi connectivity index (χ3n) is 3.00. The fraction of sp³-hybridized carbons (Fsp3) is 0.917. The third-order valence-corrected chi connectivity index (χ3v) is 3.00. The number of hydrogen-bond donors (Lipinski definition) is 0. The highest BCUT2D eigenvalue weighted by Crippen LogP contribution is 2.25. The maximum atomic E-state index is 12.1. The molecule has 0 aromatic carbocycles. The smallest absolute Gasteiger partial charge is 0.228 e. The summed E-state index contributed by atoms with van der Waals surface area (Å²) in [5, 5.41) is 0. The first-order chi connectivity index (χ1) is 6.46. The lowest BCUT2D eigenvalue weighted by atomic mass is 9.91. The Labute approximate surface area is 87.7 Å². The fourth-order valence-electron chi connectivity index (χ4n) is 2.12. The molecule has 1 fully saturated rings.